The Morgan fingerprint density at radius 3 is 2.70 bits per heavy atom. The van der Waals surface area contributed by atoms with Gasteiger partial charge in [-0.2, -0.15) is 0 Å². The molecule has 20 heavy (non-hydrogen) atoms. The molecule has 1 heterocycles. The quantitative estimate of drug-likeness (QED) is 0.564. The Kier molecular flexibility index (Phi) is 6.47. The number of esters is 1. The Hall–Kier alpha value is -1.60. The summed E-state index contributed by atoms with van der Waals surface area (Å²) in [6.07, 6.45) is 0.606. The van der Waals surface area contributed by atoms with E-state index < -0.39 is 5.97 Å². The highest BCUT2D eigenvalue weighted by Crippen LogP contribution is 2.17. The summed E-state index contributed by atoms with van der Waals surface area (Å²) in [4.78, 5) is 25.5. The molecule has 2 amide bonds. The highest BCUT2D eigenvalue weighted by molar-refractivity contribution is 5.94. The summed E-state index contributed by atoms with van der Waals surface area (Å²) >= 11 is 0. The van der Waals surface area contributed by atoms with Gasteiger partial charge in [-0.3, -0.25) is 4.90 Å². The fraction of sp³-hybridized carbons (Fsp3) is 0.692. The third kappa shape index (κ3) is 4.21. The van der Waals surface area contributed by atoms with Crippen molar-refractivity contribution in [3.8, 4) is 0 Å². The number of likely N-dealkylation sites (N-methyl/N-ethyl adjacent to an activating group) is 1. The molecule has 0 saturated carbocycles. The Morgan fingerprint density at radius 2 is 2.15 bits per heavy atom. The van der Waals surface area contributed by atoms with Crippen LogP contribution in [-0.4, -0.2) is 61.4 Å². The summed E-state index contributed by atoms with van der Waals surface area (Å²) in [5.41, 5.74) is 0.994. The normalized spacial score (nSPS) is 18.9. The number of nitrogens with one attached hydrogen (secondary N) is 2. The lowest BCUT2D eigenvalue weighted by Gasteiger charge is -2.30. The number of hydrogen-bond acceptors (Lipinski definition) is 5. The third-order valence-electron chi connectivity index (χ3n) is 3.06. The topological polar surface area (TPSA) is 90.9 Å². The van der Waals surface area contributed by atoms with E-state index in [9.17, 15) is 9.59 Å². The second kappa shape index (κ2) is 7.86. The summed E-state index contributed by atoms with van der Waals surface area (Å²) in [7, 11) is 1.81. The van der Waals surface area contributed by atoms with E-state index in [1.165, 1.54) is 0 Å². The average Bonchev–Trinajstić information content (AvgIpc) is 2.38. The van der Waals surface area contributed by atoms with Crippen molar-refractivity contribution in [3.63, 3.8) is 0 Å². The van der Waals surface area contributed by atoms with E-state index in [2.05, 4.69) is 10.6 Å². The molecule has 0 aromatic carbocycles. The van der Waals surface area contributed by atoms with Gasteiger partial charge < -0.3 is 20.5 Å². The number of carbonyl (C=O) groups excluding carboxylic acids is 2. The molecule has 0 fully saturated rings. The standard InChI is InChI=1S/C13H23N3O4/c1-4-9-11(12(18)20-5-2)10(15-13(19)14-9)8-16(3)6-7-17/h9,17H,4-8H2,1-3H3,(H2,14,15,19)/t9-/m0/s1. The maximum atomic E-state index is 12.1. The van der Waals surface area contributed by atoms with Crippen LogP contribution in [0.3, 0.4) is 0 Å². The first-order chi connectivity index (χ1) is 9.53. The molecule has 0 radical (unpaired) electrons. The second-order valence-electron chi connectivity index (χ2n) is 4.63. The van der Waals surface area contributed by atoms with Gasteiger partial charge in [0.25, 0.3) is 0 Å². The number of amides is 2. The zero-order chi connectivity index (χ0) is 15.1. The lowest BCUT2D eigenvalue weighted by atomic mass is 10.00. The minimum absolute atomic E-state index is 0.0158. The molecule has 0 aliphatic carbocycles. The fourth-order valence-electron chi connectivity index (χ4n) is 2.11. The molecule has 7 heteroatoms. The zero-order valence-corrected chi connectivity index (χ0v) is 12.2. The minimum atomic E-state index is -0.417. The van der Waals surface area contributed by atoms with Crippen LogP contribution in [0.2, 0.25) is 0 Å². The van der Waals surface area contributed by atoms with Crippen molar-refractivity contribution in [3.05, 3.63) is 11.3 Å². The van der Waals surface area contributed by atoms with Crippen molar-refractivity contribution < 1.29 is 19.4 Å². The Labute approximate surface area is 119 Å². The Balaban J connectivity index is 3.03. The molecule has 114 valence electrons. The molecule has 1 aliphatic rings. The first-order valence-electron chi connectivity index (χ1n) is 6.80. The SMILES string of the molecule is CCOC(=O)C1=C(CN(C)CCO)NC(=O)N[C@H]1CC. The van der Waals surface area contributed by atoms with Crippen molar-refractivity contribution in [2.45, 2.75) is 26.3 Å². The summed E-state index contributed by atoms with van der Waals surface area (Å²) in [6.45, 7) is 4.77. The number of ether oxygens (including phenoxy) is 1. The highest BCUT2D eigenvalue weighted by Gasteiger charge is 2.31. The summed E-state index contributed by atoms with van der Waals surface area (Å²) in [5.74, 6) is -0.417. The predicted octanol–water partition coefficient (Wildman–Crippen LogP) is -0.181. The maximum absolute atomic E-state index is 12.1. The van der Waals surface area contributed by atoms with Crippen molar-refractivity contribution in [2.75, 3.05) is 33.4 Å². The molecule has 7 nitrogen and oxygen atoms in total. The van der Waals surface area contributed by atoms with Gasteiger partial charge in [0.15, 0.2) is 0 Å². The number of carbonyl (C=O) groups is 2. The number of aliphatic hydroxyl groups is 1. The molecule has 3 N–H and O–H groups in total. The highest BCUT2D eigenvalue weighted by atomic mass is 16.5. The van der Waals surface area contributed by atoms with Gasteiger partial charge in [-0.1, -0.05) is 6.92 Å². The van der Waals surface area contributed by atoms with E-state index in [0.29, 0.717) is 30.8 Å². The van der Waals surface area contributed by atoms with E-state index in [1.54, 1.807) is 14.0 Å². The molecule has 1 rings (SSSR count). The Bertz CT molecular complexity index is 395. The van der Waals surface area contributed by atoms with Gasteiger partial charge in [0.2, 0.25) is 0 Å². The van der Waals surface area contributed by atoms with Crippen LogP contribution in [0.5, 0.6) is 0 Å². The van der Waals surface area contributed by atoms with Crippen LogP contribution >= 0.6 is 0 Å². The lowest BCUT2D eigenvalue weighted by molar-refractivity contribution is -0.139. The van der Waals surface area contributed by atoms with E-state index in [0.717, 1.165) is 0 Å². The van der Waals surface area contributed by atoms with Gasteiger partial charge in [-0.25, -0.2) is 9.59 Å². The van der Waals surface area contributed by atoms with Crippen LogP contribution in [0.1, 0.15) is 20.3 Å². The van der Waals surface area contributed by atoms with Crippen LogP contribution in [0.4, 0.5) is 4.79 Å². The monoisotopic (exact) mass is 285 g/mol. The van der Waals surface area contributed by atoms with Gasteiger partial charge in [-0.15, -0.1) is 0 Å². The summed E-state index contributed by atoms with van der Waals surface area (Å²) in [6, 6.07) is -0.669. The number of hydrogen-bond donors (Lipinski definition) is 3. The van der Waals surface area contributed by atoms with E-state index in [4.69, 9.17) is 9.84 Å². The lowest BCUT2D eigenvalue weighted by Crippen LogP contribution is -2.52. The number of urea groups is 1. The molecule has 1 aliphatic heterocycles. The van der Waals surface area contributed by atoms with Crippen LogP contribution in [0.25, 0.3) is 0 Å². The Morgan fingerprint density at radius 1 is 1.45 bits per heavy atom. The summed E-state index contributed by atoms with van der Waals surface area (Å²) < 4.78 is 5.06. The first-order valence-corrected chi connectivity index (χ1v) is 6.80. The molecule has 0 aromatic rings. The van der Waals surface area contributed by atoms with Gasteiger partial charge in [0.05, 0.1) is 24.8 Å². The zero-order valence-electron chi connectivity index (χ0n) is 12.2. The van der Waals surface area contributed by atoms with Crippen molar-refractivity contribution in [2.24, 2.45) is 0 Å². The third-order valence-corrected chi connectivity index (χ3v) is 3.06. The molecule has 0 bridgehead atoms. The van der Waals surface area contributed by atoms with E-state index in [-0.39, 0.29) is 25.3 Å². The predicted molar refractivity (Wildman–Crippen MR) is 74.0 cm³/mol. The van der Waals surface area contributed by atoms with Gasteiger partial charge >= 0.3 is 12.0 Å². The van der Waals surface area contributed by atoms with E-state index in [1.807, 2.05) is 11.8 Å². The van der Waals surface area contributed by atoms with Crippen LogP contribution in [0.15, 0.2) is 11.3 Å². The second-order valence-corrected chi connectivity index (χ2v) is 4.63. The fourth-order valence-corrected chi connectivity index (χ4v) is 2.11. The summed E-state index contributed by atoms with van der Waals surface area (Å²) in [5, 5.41) is 14.3. The molecule has 1 atom stereocenters. The average molecular weight is 285 g/mol. The van der Waals surface area contributed by atoms with Crippen LogP contribution in [-0.2, 0) is 9.53 Å². The largest absolute Gasteiger partial charge is 0.463 e. The molecule has 0 spiro atoms. The van der Waals surface area contributed by atoms with E-state index >= 15 is 0 Å². The van der Waals surface area contributed by atoms with Gasteiger partial charge in [-0.05, 0) is 20.4 Å². The van der Waals surface area contributed by atoms with Crippen LogP contribution < -0.4 is 10.6 Å². The minimum Gasteiger partial charge on any atom is -0.463 e. The van der Waals surface area contributed by atoms with Crippen molar-refractivity contribution in [1.82, 2.24) is 15.5 Å². The number of aliphatic hydroxyl groups excluding tert-OH is 1. The van der Waals surface area contributed by atoms with Crippen molar-refractivity contribution in [1.29, 1.82) is 0 Å². The first kappa shape index (κ1) is 16.5. The molecule has 0 aromatic heterocycles. The smallest absolute Gasteiger partial charge is 0.337 e. The van der Waals surface area contributed by atoms with Gasteiger partial charge in [0.1, 0.15) is 0 Å². The number of rotatable bonds is 7. The maximum Gasteiger partial charge on any atom is 0.337 e. The van der Waals surface area contributed by atoms with Crippen LogP contribution in [0, 0.1) is 0 Å². The van der Waals surface area contributed by atoms with Crippen molar-refractivity contribution >= 4 is 12.0 Å². The molecule has 0 unspecified atom stereocenters. The molecule has 0 saturated heterocycles. The number of nitrogens with zero attached hydrogens (tertiary/aromatic N) is 1. The molecular weight excluding hydrogens is 262 g/mol. The van der Waals surface area contributed by atoms with Gasteiger partial charge in [0, 0.05) is 18.8 Å². The molecular formula is C13H23N3O4.